The molecule has 4 atom stereocenters. The zero-order chi connectivity index (χ0) is 24.8. The van der Waals surface area contributed by atoms with Crippen LogP contribution in [-0.2, 0) is 14.2 Å². The molecular weight excluding hydrogens is 462 g/mol. The van der Waals surface area contributed by atoms with E-state index < -0.39 is 0 Å². The van der Waals surface area contributed by atoms with Gasteiger partial charge in [0.25, 0.3) is 5.91 Å². The van der Waals surface area contributed by atoms with Crippen molar-refractivity contribution in [3.63, 3.8) is 0 Å². The zero-order valence-corrected chi connectivity index (χ0v) is 20.5. The molecule has 2 N–H and O–H groups in total. The molecule has 0 aromatic carbocycles. The van der Waals surface area contributed by atoms with Gasteiger partial charge in [0.2, 0.25) is 0 Å². The Morgan fingerprint density at radius 1 is 1.14 bits per heavy atom. The predicted octanol–water partition coefficient (Wildman–Crippen LogP) is 2.23. The molecule has 3 aliphatic heterocycles. The minimum absolute atomic E-state index is 0.00133. The number of nitrogens with one attached hydrogen (secondary N) is 2. The first-order valence-electron chi connectivity index (χ1n) is 12.1. The molecule has 5 heterocycles. The number of hydrogen-bond acceptors (Lipinski definition) is 8. The van der Waals surface area contributed by atoms with Crippen LogP contribution in [0.2, 0.25) is 0 Å². The molecule has 0 radical (unpaired) electrons. The summed E-state index contributed by atoms with van der Waals surface area (Å²) in [5.41, 5.74) is 3.42. The van der Waals surface area contributed by atoms with Crippen LogP contribution < -0.4 is 10.6 Å². The Balaban J connectivity index is 1.38. The van der Waals surface area contributed by atoms with Crippen molar-refractivity contribution in [2.75, 3.05) is 39.8 Å². The molecule has 188 valence electrons. The van der Waals surface area contributed by atoms with E-state index >= 15 is 0 Å². The Bertz CT molecular complexity index is 1380. The number of hydrogen-bond donors (Lipinski definition) is 2. The summed E-state index contributed by atoms with van der Waals surface area (Å²) in [5.74, 6) is 1.34. The summed E-state index contributed by atoms with van der Waals surface area (Å²) in [5, 5.41) is 10.7. The van der Waals surface area contributed by atoms with Gasteiger partial charge in [-0.1, -0.05) is 0 Å². The average Bonchev–Trinajstić information content (AvgIpc) is 3.63. The Kier molecular flexibility index (Phi) is 5.82. The number of rotatable bonds is 7. The van der Waals surface area contributed by atoms with E-state index in [2.05, 4.69) is 20.3 Å². The summed E-state index contributed by atoms with van der Waals surface area (Å²) >= 11 is 0. The minimum atomic E-state index is -0.210. The van der Waals surface area contributed by atoms with E-state index in [1.54, 1.807) is 24.9 Å². The van der Waals surface area contributed by atoms with E-state index in [4.69, 9.17) is 24.2 Å². The number of pyridine rings is 1. The van der Waals surface area contributed by atoms with Gasteiger partial charge < -0.3 is 29.4 Å². The van der Waals surface area contributed by atoms with Gasteiger partial charge in [-0.15, -0.1) is 0 Å². The van der Waals surface area contributed by atoms with Crippen molar-refractivity contribution in [3.8, 4) is 22.6 Å². The molecule has 6 rings (SSSR count). The minimum Gasteiger partial charge on any atom is -0.379 e. The quantitative estimate of drug-likeness (QED) is 0.404. The Morgan fingerprint density at radius 3 is 2.75 bits per heavy atom. The number of methoxy groups -OCH3 is 2. The van der Waals surface area contributed by atoms with Gasteiger partial charge in [-0.2, -0.15) is 9.61 Å². The fourth-order valence-corrected chi connectivity index (χ4v) is 5.14. The van der Waals surface area contributed by atoms with Gasteiger partial charge in [0, 0.05) is 50.9 Å². The van der Waals surface area contributed by atoms with E-state index in [9.17, 15) is 4.79 Å². The third-order valence-electron chi connectivity index (χ3n) is 7.34. The average molecular weight is 492 g/mol. The number of carbonyl (C=O) groups excluding carboxylic acids is 1. The Labute approximate surface area is 208 Å². The summed E-state index contributed by atoms with van der Waals surface area (Å²) in [4.78, 5) is 22.7. The molecule has 1 saturated heterocycles. The van der Waals surface area contributed by atoms with E-state index in [-0.39, 0.29) is 30.2 Å². The topological polar surface area (TPSA) is 117 Å². The highest BCUT2D eigenvalue weighted by molar-refractivity contribution is 6.00. The molecule has 11 heteroatoms. The number of fused-ring (bicyclic) bond motifs is 2. The van der Waals surface area contributed by atoms with Crippen LogP contribution in [0.1, 0.15) is 29.2 Å². The van der Waals surface area contributed by atoms with Crippen LogP contribution in [0.5, 0.6) is 0 Å². The maximum absolute atomic E-state index is 13.1. The molecule has 36 heavy (non-hydrogen) atoms. The second-order valence-corrected chi connectivity index (χ2v) is 9.21. The van der Waals surface area contributed by atoms with Gasteiger partial charge in [-0.25, -0.2) is 9.97 Å². The van der Waals surface area contributed by atoms with Gasteiger partial charge in [-0.3, -0.25) is 4.79 Å². The lowest BCUT2D eigenvalue weighted by atomic mass is 9.89. The molecule has 2 aromatic heterocycles. The SMILES string of the molecule is CNc1cc(-c2cnc3n([C@@H]4COC[C@H]4OC)cccc2-3)nc2c(C(=O)NC3CC[C@H]3OC)cnn12. The molecule has 2 aromatic rings. The lowest BCUT2D eigenvalue weighted by Gasteiger charge is -2.35. The summed E-state index contributed by atoms with van der Waals surface area (Å²) < 4.78 is 20.5. The third-order valence-corrected chi connectivity index (χ3v) is 7.34. The lowest BCUT2D eigenvalue weighted by Crippen LogP contribution is -2.51. The maximum Gasteiger partial charge on any atom is 0.257 e. The van der Waals surface area contributed by atoms with Gasteiger partial charge in [0.1, 0.15) is 23.3 Å². The Hall–Kier alpha value is -3.54. The first-order valence-corrected chi connectivity index (χ1v) is 12.1. The van der Waals surface area contributed by atoms with Crippen LogP contribution in [-0.4, -0.2) is 82.8 Å². The molecule has 1 amide bonds. The highest BCUT2D eigenvalue weighted by atomic mass is 16.5. The van der Waals surface area contributed by atoms with E-state index in [1.807, 2.05) is 37.6 Å². The number of ether oxygens (including phenoxy) is 3. The van der Waals surface area contributed by atoms with Crippen LogP contribution in [0.3, 0.4) is 0 Å². The molecule has 4 aliphatic rings. The van der Waals surface area contributed by atoms with E-state index in [0.29, 0.717) is 35.9 Å². The fourth-order valence-electron chi connectivity index (χ4n) is 5.14. The van der Waals surface area contributed by atoms with Gasteiger partial charge in [0.05, 0.1) is 43.3 Å². The van der Waals surface area contributed by atoms with Crippen LogP contribution in [0.15, 0.2) is 36.8 Å². The highest BCUT2D eigenvalue weighted by Gasteiger charge is 2.34. The van der Waals surface area contributed by atoms with E-state index in [0.717, 1.165) is 29.8 Å². The van der Waals surface area contributed by atoms with Crippen LogP contribution in [0, 0.1) is 0 Å². The highest BCUT2D eigenvalue weighted by Crippen LogP contribution is 2.37. The van der Waals surface area contributed by atoms with Gasteiger partial charge in [0.15, 0.2) is 5.65 Å². The van der Waals surface area contributed by atoms with Crippen molar-refractivity contribution >= 4 is 17.4 Å². The smallest absolute Gasteiger partial charge is 0.257 e. The van der Waals surface area contributed by atoms with Crippen LogP contribution >= 0.6 is 0 Å². The molecule has 0 spiro atoms. The summed E-state index contributed by atoms with van der Waals surface area (Å²) in [7, 11) is 5.19. The van der Waals surface area contributed by atoms with Crippen molar-refractivity contribution in [3.05, 3.63) is 42.4 Å². The summed E-state index contributed by atoms with van der Waals surface area (Å²) in [6.45, 7) is 1.12. The standard InChI is InChI=1S/C25H29N7O4/c1-26-22-9-18(29-24-16(11-28-32(22)24)25(33)30-17-6-7-20(17)34-2)15-10-27-23-14(15)5-4-8-31(23)19-12-36-13-21(19)35-3/h4-5,8-11,17,19-21,26H,6-7,12-13H2,1-3H3,(H,30,33)/t17?,19-,20-,21-/m1/s1. The maximum atomic E-state index is 13.1. The summed E-state index contributed by atoms with van der Waals surface area (Å²) in [6.07, 6.45) is 7.24. The van der Waals surface area contributed by atoms with Crippen molar-refractivity contribution < 1.29 is 19.0 Å². The van der Waals surface area contributed by atoms with Crippen molar-refractivity contribution in [1.29, 1.82) is 0 Å². The first-order chi connectivity index (χ1) is 17.6. The number of nitrogens with zero attached hydrogens (tertiary/aromatic N) is 5. The first kappa shape index (κ1) is 22.9. The molecule has 1 unspecified atom stereocenters. The molecule has 11 nitrogen and oxygen atoms in total. The van der Waals surface area contributed by atoms with E-state index in [1.165, 1.54) is 0 Å². The monoisotopic (exact) mass is 491 g/mol. The molecule has 0 bridgehead atoms. The summed E-state index contributed by atoms with van der Waals surface area (Å²) in [6, 6.07) is 5.98. The van der Waals surface area contributed by atoms with Gasteiger partial charge in [-0.05, 0) is 25.0 Å². The van der Waals surface area contributed by atoms with Crippen molar-refractivity contribution in [2.24, 2.45) is 0 Å². The third kappa shape index (κ3) is 3.62. The number of amides is 1. The second kappa shape index (κ2) is 9.16. The normalized spacial score (nSPS) is 23.8. The number of aromatic nitrogens is 5. The molecule has 1 aliphatic carbocycles. The predicted molar refractivity (Wildman–Crippen MR) is 132 cm³/mol. The Morgan fingerprint density at radius 2 is 2.00 bits per heavy atom. The molecule has 2 fully saturated rings. The second-order valence-electron chi connectivity index (χ2n) is 9.21. The number of carbonyl (C=O) groups is 1. The van der Waals surface area contributed by atoms with Crippen LogP contribution in [0.25, 0.3) is 28.3 Å². The molecular formula is C25H29N7O4. The van der Waals surface area contributed by atoms with Gasteiger partial charge >= 0.3 is 0 Å². The lowest BCUT2D eigenvalue weighted by molar-refractivity contribution is 0.00732. The zero-order valence-electron chi connectivity index (χ0n) is 20.5. The largest absolute Gasteiger partial charge is 0.379 e. The number of anilines is 1. The fraction of sp³-hybridized carbons (Fsp3) is 0.440. The van der Waals surface area contributed by atoms with Crippen molar-refractivity contribution in [1.82, 2.24) is 29.5 Å². The van der Waals surface area contributed by atoms with Crippen molar-refractivity contribution in [2.45, 2.75) is 37.1 Å². The van der Waals surface area contributed by atoms with Crippen LogP contribution in [0.4, 0.5) is 5.82 Å². The molecule has 1 saturated carbocycles.